The van der Waals surface area contributed by atoms with E-state index in [4.69, 9.17) is 0 Å². The fourth-order valence-electron chi connectivity index (χ4n) is 0.888. The van der Waals surface area contributed by atoms with Crippen LogP contribution in [0.3, 0.4) is 0 Å². The molecule has 0 saturated heterocycles. The minimum atomic E-state index is -3.31. The predicted molar refractivity (Wildman–Crippen MR) is 51.2 cm³/mol. The molecule has 66 valence electrons. The summed E-state index contributed by atoms with van der Waals surface area (Å²) in [5.74, 6) is -0.0530. The zero-order valence-electron chi connectivity index (χ0n) is 7.65. The van der Waals surface area contributed by atoms with Crippen molar-refractivity contribution in [3.63, 3.8) is 0 Å². The molecule has 0 aromatic heterocycles. The number of aryl methyl sites for hydroxylation is 1. The summed E-state index contributed by atoms with van der Waals surface area (Å²) in [6.45, 7) is 1.95. The molecule has 0 amide bonds. The molecule has 1 rings (SSSR count). The van der Waals surface area contributed by atoms with Crippen LogP contribution in [-0.4, -0.2) is 8.76 Å². The molecule has 0 bridgehead atoms. The summed E-state index contributed by atoms with van der Waals surface area (Å²) in [6, 6.07) is 7.30. The molecule has 0 heterocycles. The Hall–Kier alpha value is 0.550. The van der Waals surface area contributed by atoms with Crippen molar-refractivity contribution >= 4 is 20.0 Å². The van der Waals surface area contributed by atoms with Crippen LogP contribution in [0, 0.1) is 6.92 Å². The van der Waals surface area contributed by atoms with Crippen molar-refractivity contribution in [3.8, 4) is 0 Å². The molecule has 0 fully saturated rings. The van der Waals surface area contributed by atoms with Crippen LogP contribution < -0.4 is 29.6 Å². The Labute approximate surface area is 106 Å². The summed E-state index contributed by atoms with van der Waals surface area (Å²) in [5.41, 5.74) is 1.86. The van der Waals surface area contributed by atoms with Crippen molar-refractivity contribution in [1.29, 1.82) is 0 Å². The van der Waals surface area contributed by atoms with Gasteiger partial charge in [0.1, 0.15) is 0 Å². The second-order valence-corrected chi connectivity index (χ2v) is 5.62. The molecule has 0 aliphatic rings. The van der Waals surface area contributed by atoms with E-state index in [-0.39, 0.29) is 35.3 Å². The van der Waals surface area contributed by atoms with Crippen molar-refractivity contribution < 1.29 is 38.3 Å². The van der Waals surface area contributed by atoms with Crippen LogP contribution >= 0.6 is 0 Å². The Balaban J connectivity index is 0.00000144. The monoisotopic (exact) mass is 224 g/mol. The van der Waals surface area contributed by atoms with Gasteiger partial charge in [0, 0.05) is 5.75 Å². The van der Waals surface area contributed by atoms with Crippen molar-refractivity contribution in [3.05, 3.63) is 35.4 Å². The van der Waals surface area contributed by atoms with Crippen LogP contribution in [0.5, 0.6) is 0 Å². The van der Waals surface area contributed by atoms with Gasteiger partial charge in [0.2, 0.25) is 0 Å². The Kier molecular flexibility index (Phi) is 5.67. The summed E-state index contributed by atoms with van der Waals surface area (Å²) in [5, 5.41) is 0. The summed E-state index contributed by atoms with van der Waals surface area (Å²) in [6.07, 6.45) is 0. The smallest absolute Gasteiger partial charge is 0.769 e. The quantitative estimate of drug-likeness (QED) is 0.567. The van der Waals surface area contributed by atoms with Gasteiger partial charge in [-0.05, 0) is 32.4 Å². The maximum Gasteiger partial charge on any atom is 1.00 e. The van der Waals surface area contributed by atoms with Crippen molar-refractivity contribution in [1.82, 2.24) is 0 Å². The SMILES string of the molecule is Cc1ccc(CS(=O)([O-])=S)cc1.[Na+]. The second-order valence-electron chi connectivity index (χ2n) is 2.69. The molecule has 0 aliphatic carbocycles. The van der Waals surface area contributed by atoms with E-state index in [1.807, 2.05) is 19.1 Å². The molecule has 0 saturated carbocycles. The van der Waals surface area contributed by atoms with E-state index >= 15 is 0 Å². The second kappa shape index (κ2) is 5.44. The summed E-state index contributed by atoms with van der Waals surface area (Å²) in [7, 11) is -3.31. The molecule has 0 N–H and O–H groups in total. The van der Waals surface area contributed by atoms with Gasteiger partial charge >= 0.3 is 29.6 Å². The van der Waals surface area contributed by atoms with Crippen LogP contribution in [0.2, 0.25) is 0 Å². The topological polar surface area (TPSA) is 40.1 Å². The molecular formula is C8H9NaO2S2. The normalized spacial score (nSPS) is 14.3. The molecule has 1 aromatic carbocycles. The number of hydrogen-bond acceptors (Lipinski definition) is 3. The molecule has 0 radical (unpaired) electrons. The largest absolute Gasteiger partial charge is 1.00 e. The fourth-order valence-corrected chi connectivity index (χ4v) is 1.90. The average Bonchev–Trinajstić information content (AvgIpc) is 1.91. The van der Waals surface area contributed by atoms with Crippen molar-refractivity contribution in [2.45, 2.75) is 12.7 Å². The van der Waals surface area contributed by atoms with Crippen LogP contribution in [0.15, 0.2) is 24.3 Å². The van der Waals surface area contributed by atoms with Crippen LogP contribution in [0.1, 0.15) is 11.1 Å². The summed E-state index contributed by atoms with van der Waals surface area (Å²) < 4.78 is 21.4. The summed E-state index contributed by atoms with van der Waals surface area (Å²) in [4.78, 5) is 0. The summed E-state index contributed by atoms with van der Waals surface area (Å²) >= 11 is 4.27. The van der Waals surface area contributed by atoms with E-state index in [2.05, 4.69) is 11.2 Å². The number of hydrogen-bond donors (Lipinski definition) is 0. The molecule has 1 atom stereocenters. The van der Waals surface area contributed by atoms with E-state index in [0.29, 0.717) is 0 Å². The molecular weight excluding hydrogens is 215 g/mol. The Morgan fingerprint density at radius 1 is 1.38 bits per heavy atom. The minimum absolute atomic E-state index is 0. The fraction of sp³-hybridized carbons (Fsp3) is 0.250. The van der Waals surface area contributed by atoms with Gasteiger partial charge in [-0.3, -0.25) is 4.21 Å². The van der Waals surface area contributed by atoms with Crippen LogP contribution in [0.4, 0.5) is 0 Å². The maximum atomic E-state index is 10.7. The van der Waals surface area contributed by atoms with Gasteiger partial charge in [-0.15, -0.1) is 0 Å². The van der Waals surface area contributed by atoms with Gasteiger partial charge in [0.25, 0.3) is 0 Å². The third-order valence-corrected chi connectivity index (χ3v) is 2.50. The zero-order valence-corrected chi connectivity index (χ0v) is 11.3. The van der Waals surface area contributed by atoms with E-state index in [1.165, 1.54) is 0 Å². The third-order valence-electron chi connectivity index (χ3n) is 1.46. The Bertz CT molecular complexity index is 356. The van der Waals surface area contributed by atoms with Gasteiger partial charge in [-0.25, -0.2) is 0 Å². The van der Waals surface area contributed by atoms with Gasteiger partial charge in [0.15, 0.2) is 0 Å². The first-order chi connectivity index (χ1) is 5.47. The standard InChI is InChI=1S/C8H10O2S2.Na/c1-7-2-4-8(5-3-7)6-12(9,10)11;/h2-5H,6H2,1H3,(H,9,10,11);/q;+1/p-1. The first kappa shape index (κ1) is 13.5. The zero-order chi connectivity index (χ0) is 9.19. The van der Waals surface area contributed by atoms with E-state index in [1.54, 1.807) is 12.1 Å². The van der Waals surface area contributed by atoms with Gasteiger partial charge in [-0.2, -0.15) is 0 Å². The van der Waals surface area contributed by atoms with E-state index < -0.39 is 8.77 Å². The first-order valence-corrected chi connectivity index (χ1v) is 6.04. The molecule has 2 nitrogen and oxygen atoms in total. The van der Waals surface area contributed by atoms with Crippen molar-refractivity contribution in [2.75, 3.05) is 0 Å². The Morgan fingerprint density at radius 2 is 1.85 bits per heavy atom. The molecule has 1 aromatic rings. The molecule has 5 heteroatoms. The molecule has 0 aliphatic heterocycles. The predicted octanol–water partition coefficient (Wildman–Crippen LogP) is -1.62. The minimum Gasteiger partial charge on any atom is -0.769 e. The van der Waals surface area contributed by atoms with Crippen LogP contribution in [0.25, 0.3) is 0 Å². The molecule has 0 spiro atoms. The number of rotatable bonds is 2. The molecule has 13 heavy (non-hydrogen) atoms. The van der Waals surface area contributed by atoms with Gasteiger partial charge in [-0.1, -0.05) is 29.8 Å². The van der Waals surface area contributed by atoms with Gasteiger partial charge in [0.05, 0.1) is 0 Å². The number of benzene rings is 1. The van der Waals surface area contributed by atoms with Crippen LogP contribution in [-0.2, 0) is 25.7 Å². The third kappa shape index (κ3) is 5.78. The Morgan fingerprint density at radius 3 is 2.23 bits per heavy atom. The van der Waals surface area contributed by atoms with E-state index in [0.717, 1.165) is 11.1 Å². The maximum absolute atomic E-state index is 10.7. The van der Waals surface area contributed by atoms with Gasteiger partial charge < -0.3 is 4.55 Å². The van der Waals surface area contributed by atoms with E-state index in [9.17, 15) is 8.76 Å². The van der Waals surface area contributed by atoms with Crippen molar-refractivity contribution in [2.24, 2.45) is 0 Å². The average molecular weight is 224 g/mol. The first-order valence-electron chi connectivity index (χ1n) is 3.46. The molecule has 1 unspecified atom stereocenters.